The zero-order chi connectivity index (χ0) is 10.6. The molecule has 1 unspecified atom stereocenters. The fourth-order valence-corrected chi connectivity index (χ4v) is 1.94. The molecule has 0 aliphatic rings. The molecular weight excluding hydrogens is 198 g/mol. The Morgan fingerprint density at radius 2 is 2.29 bits per heavy atom. The molecule has 1 atom stereocenters. The summed E-state index contributed by atoms with van der Waals surface area (Å²) in [4.78, 5) is 12.5. The van der Waals surface area contributed by atoms with Crippen molar-refractivity contribution in [3.63, 3.8) is 0 Å². The average molecular weight is 213 g/mol. The predicted molar refractivity (Wildman–Crippen MR) is 57.3 cm³/mol. The first kappa shape index (κ1) is 11.2. The molecule has 0 aliphatic heterocycles. The summed E-state index contributed by atoms with van der Waals surface area (Å²) in [6, 6.07) is 3.78. The smallest absolute Gasteiger partial charge is 0.328 e. The summed E-state index contributed by atoms with van der Waals surface area (Å²) in [5.74, 6) is -0.235. The van der Waals surface area contributed by atoms with Gasteiger partial charge in [0.15, 0.2) is 0 Å². The minimum atomic E-state index is -0.333. The minimum absolute atomic E-state index is 0.235. The van der Waals surface area contributed by atoms with E-state index >= 15 is 0 Å². The molecule has 0 fully saturated rings. The Bertz CT molecular complexity index is 282. The molecule has 1 N–H and O–H groups in total. The van der Waals surface area contributed by atoms with E-state index in [4.69, 9.17) is 4.74 Å². The number of carbonyl (C=O) groups excluding carboxylic acids is 1. The molecule has 1 heterocycles. The maximum absolute atomic E-state index is 11.5. The first-order chi connectivity index (χ1) is 6.65. The number of hydrogen-bond acceptors (Lipinski definition) is 4. The highest BCUT2D eigenvalue weighted by molar-refractivity contribution is 7.10. The van der Waals surface area contributed by atoms with Gasteiger partial charge in [0.25, 0.3) is 0 Å². The van der Waals surface area contributed by atoms with Crippen molar-refractivity contribution in [2.24, 2.45) is 0 Å². The van der Waals surface area contributed by atoms with Gasteiger partial charge in [-0.1, -0.05) is 6.07 Å². The maximum Gasteiger partial charge on any atom is 0.328 e. The second kappa shape index (κ2) is 5.12. The predicted octanol–water partition coefficient (Wildman–Crippen LogP) is 1.96. The van der Waals surface area contributed by atoms with E-state index in [1.165, 1.54) is 7.11 Å². The van der Waals surface area contributed by atoms with Crippen LogP contribution >= 0.6 is 11.3 Å². The van der Waals surface area contributed by atoms with E-state index in [1.807, 2.05) is 31.4 Å². The lowest BCUT2D eigenvalue weighted by atomic mass is 10.2. The summed E-state index contributed by atoms with van der Waals surface area (Å²) >= 11 is 1.55. The summed E-state index contributed by atoms with van der Waals surface area (Å²) in [7, 11) is 1.41. The highest BCUT2D eigenvalue weighted by Crippen LogP contribution is 2.20. The van der Waals surface area contributed by atoms with Crippen LogP contribution in [0.4, 0.5) is 0 Å². The number of methoxy groups -OCH3 is 1. The van der Waals surface area contributed by atoms with Crippen molar-refractivity contribution >= 4 is 17.3 Å². The zero-order valence-corrected chi connectivity index (χ0v) is 9.43. The van der Waals surface area contributed by atoms with Gasteiger partial charge in [-0.25, -0.2) is 4.79 Å². The van der Waals surface area contributed by atoms with Crippen molar-refractivity contribution in [3.8, 4) is 0 Å². The lowest BCUT2D eigenvalue weighted by molar-refractivity contribution is -0.143. The SMILES string of the molecule is COC(=O)C(NC(C)C)c1cccs1. The number of carbonyl (C=O) groups is 1. The van der Waals surface area contributed by atoms with Crippen LogP contribution in [0, 0.1) is 0 Å². The summed E-state index contributed by atoms with van der Waals surface area (Å²) in [6.07, 6.45) is 0. The Hall–Kier alpha value is -0.870. The van der Waals surface area contributed by atoms with Crippen molar-refractivity contribution in [2.45, 2.75) is 25.9 Å². The van der Waals surface area contributed by atoms with Crippen molar-refractivity contribution in [1.82, 2.24) is 5.32 Å². The fraction of sp³-hybridized carbons (Fsp3) is 0.500. The molecule has 0 saturated heterocycles. The van der Waals surface area contributed by atoms with Gasteiger partial charge in [-0.3, -0.25) is 5.32 Å². The minimum Gasteiger partial charge on any atom is -0.468 e. The van der Waals surface area contributed by atoms with E-state index in [1.54, 1.807) is 11.3 Å². The summed E-state index contributed by atoms with van der Waals surface area (Å²) in [5, 5.41) is 5.12. The second-order valence-corrected chi connectivity index (χ2v) is 4.27. The molecule has 0 radical (unpaired) electrons. The van der Waals surface area contributed by atoms with E-state index in [9.17, 15) is 4.79 Å². The van der Waals surface area contributed by atoms with Crippen LogP contribution in [0.5, 0.6) is 0 Å². The van der Waals surface area contributed by atoms with Gasteiger partial charge in [-0.15, -0.1) is 11.3 Å². The fourth-order valence-electron chi connectivity index (χ4n) is 1.17. The van der Waals surface area contributed by atoms with Crippen LogP contribution in [-0.2, 0) is 9.53 Å². The number of rotatable bonds is 4. The van der Waals surface area contributed by atoms with Crippen LogP contribution in [0.25, 0.3) is 0 Å². The van der Waals surface area contributed by atoms with Gasteiger partial charge < -0.3 is 4.74 Å². The van der Waals surface area contributed by atoms with Gasteiger partial charge in [0.05, 0.1) is 7.11 Å². The molecular formula is C10H15NO2S. The van der Waals surface area contributed by atoms with Crippen LogP contribution in [0.3, 0.4) is 0 Å². The quantitative estimate of drug-likeness (QED) is 0.777. The molecule has 0 bridgehead atoms. The van der Waals surface area contributed by atoms with Crippen LogP contribution < -0.4 is 5.32 Å². The van der Waals surface area contributed by atoms with Crippen molar-refractivity contribution in [1.29, 1.82) is 0 Å². The van der Waals surface area contributed by atoms with Crippen LogP contribution in [-0.4, -0.2) is 19.1 Å². The highest BCUT2D eigenvalue weighted by Gasteiger charge is 2.22. The number of hydrogen-bond donors (Lipinski definition) is 1. The van der Waals surface area contributed by atoms with Crippen molar-refractivity contribution in [2.75, 3.05) is 7.11 Å². The van der Waals surface area contributed by atoms with E-state index in [0.717, 1.165) is 4.88 Å². The molecule has 0 spiro atoms. The second-order valence-electron chi connectivity index (χ2n) is 3.29. The Balaban J connectivity index is 2.77. The molecule has 1 aromatic heterocycles. The van der Waals surface area contributed by atoms with Gasteiger partial charge in [0.1, 0.15) is 6.04 Å². The van der Waals surface area contributed by atoms with Crippen LogP contribution in [0.2, 0.25) is 0 Å². The molecule has 0 aromatic carbocycles. The van der Waals surface area contributed by atoms with Gasteiger partial charge >= 0.3 is 5.97 Å². The summed E-state index contributed by atoms with van der Waals surface area (Å²) < 4.78 is 4.74. The number of nitrogens with one attached hydrogen (secondary N) is 1. The maximum atomic E-state index is 11.5. The largest absolute Gasteiger partial charge is 0.468 e. The molecule has 4 heteroatoms. The summed E-state index contributed by atoms with van der Waals surface area (Å²) in [5.41, 5.74) is 0. The number of esters is 1. The van der Waals surface area contributed by atoms with Crippen LogP contribution in [0.15, 0.2) is 17.5 Å². The normalized spacial score (nSPS) is 12.9. The van der Waals surface area contributed by atoms with Crippen molar-refractivity contribution < 1.29 is 9.53 Å². The topological polar surface area (TPSA) is 38.3 Å². The molecule has 14 heavy (non-hydrogen) atoms. The van der Waals surface area contributed by atoms with Gasteiger partial charge in [0.2, 0.25) is 0 Å². The standard InChI is InChI=1S/C10H15NO2S/c1-7(2)11-9(10(12)13-3)8-5-4-6-14-8/h4-7,9,11H,1-3H3. The third-order valence-electron chi connectivity index (χ3n) is 1.76. The Morgan fingerprint density at radius 1 is 1.57 bits per heavy atom. The Labute approximate surface area is 88.1 Å². The molecule has 0 aliphatic carbocycles. The van der Waals surface area contributed by atoms with Crippen LogP contribution in [0.1, 0.15) is 24.8 Å². The first-order valence-electron chi connectivity index (χ1n) is 4.52. The number of thiophene rings is 1. The van der Waals surface area contributed by atoms with Gasteiger partial charge in [-0.05, 0) is 25.3 Å². The Morgan fingerprint density at radius 3 is 2.71 bits per heavy atom. The van der Waals surface area contributed by atoms with E-state index in [-0.39, 0.29) is 18.1 Å². The highest BCUT2D eigenvalue weighted by atomic mass is 32.1. The van der Waals surface area contributed by atoms with E-state index < -0.39 is 0 Å². The Kier molecular flexibility index (Phi) is 4.10. The average Bonchev–Trinajstić information content (AvgIpc) is 2.65. The van der Waals surface area contributed by atoms with E-state index in [2.05, 4.69) is 5.32 Å². The number of ether oxygens (including phenoxy) is 1. The third-order valence-corrected chi connectivity index (χ3v) is 2.70. The molecule has 1 aromatic rings. The molecule has 0 amide bonds. The van der Waals surface area contributed by atoms with Gasteiger partial charge in [-0.2, -0.15) is 0 Å². The van der Waals surface area contributed by atoms with Gasteiger partial charge in [0, 0.05) is 10.9 Å². The third kappa shape index (κ3) is 2.82. The monoisotopic (exact) mass is 213 g/mol. The summed E-state index contributed by atoms with van der Waals surface area (Å²) in [6.45, 7) is 4.01. The zero-order valence-electron chi connectivity index (χ0n) is 8.61. The lowest BCUT2D eigenvalue weighted by Gasteiger charge is -2.17. The van der Waals surface area contributed by atoms with E-state index in [0.29, 0.717) is 0 Å². The molecule has 0 saturated carbocycles. The molecule has 1 rings (SSSR count). The molecule has 78 valence electrons. The lowest BCUT2D eigenvalue weighted by Crippen LogP contribution is -2.33. The molecule has 3 nitrogen and oxygen atoms in total. The van der Waals surface area contributed by atoms with Crippen molar-refractivity contribution in [3.05, 3.63) is 22.4 Å². The first-order valence-corrected chi connectivity index (χ1v) is 5.40.